The molecule has 0 spiro atoms. The van der Waals surface area contributed by atoms with E-state index in [1.807, 2.05) is 0 Å². The van der Waals surface area contributed by atoms with Crippen LogP contribution in [-0.4, -0.2) is 21.6 Å². The number of rotatable bonds is 5. The summed E-state index contributed by atoms with van der Waals surface area (Å²) in [5, 5.41) is -0.0674. The summed E-state index contributed by atoms with van der Waals surface area (Å²) in [5.74, 6) is 0.303. The summed E-state index contributed by atoms with van der Waals surface area (Å²) in [4.78, 5) is -0.0783. The van der Waals surface area contributed by atoms with Gasteiger partial charge in [0, 0.05) is 10.6 Å². The Labute approximate surface area is 211 Å². The standard InChI is InChI=1S/C26H22ClF4NO3S/c1-25(2,28)18-5-3-6-19(16-18)36(33,34)32-13-14-35-24-12-10-17(15-23(24)32)9-11-20-21(26(29,30)31)7-4-8-22(20)27/h3-12,15-16H,13-14H2,1-2H3/b11-9+. The number of sulfonamides is 1. The third kappa shape index (κ3) is 5.22. The molecule has 0 atom stereocenters. The number of anilines is 1. The van der Waals surface area contributed by atoms with E-state index in [0.29, 0.717) is 11.3 Å². The van der Waals surface area contributed by atoms with Crippen LogP contribution in [0, 0.1) is 0 Å². The van der Waals surface area contributed by atoms with E-state index < -0.39 is 27.4 Å². The van der Waals surface area contributed by atoms with Crippen molar-refractivity contribution in [2.24, 2.45) is 0 Å². The van der Waals surface area contributed by atoms with Gasteiger partial charge in [-0.2, -0.15) is 13.2 Å². The highest BCUT2D eigenvalue weighted by atomic mass is 35.5. The summed E-state index contributed by atoms with van der Waals surface area (Å²) in [6, 6.07) is 13.9. The summed E-state index contributed by atoms with van der Waals surface area (Å²) >= 11 is 6.03. The molecule has 0 aliphatic carbocycles. The van der Waals surface area contributed by atoms with Gasteiger partial charge < -0.3 is 4.74 Å². The fourth-order valence-corrected chi connectivity index (χ4v) is 5.59. The molecule has 0 aromatic heterocycles. The second-order valence-corrected chi connectivity index (χ2v) is 11.0. The Bertz CT molecular complexity index is 1430. The lowest BCUT2D eigenvalue weighted by molar-refractivity contribution is -0.137. The third-order valence-electron chi connectivity index (χ3n) is 5.71. The lowest BCUT2D eigenvalue weighted by Crippen LogP contribution is -2.38. The summed E-state index contributed by atoms with van der Waals surface area (Å²) in [5.41, 5.74) is -1.94. The summed E-state index contributed by atoms with van der Waals surface area (Å²) in [6.07, 6.45) is -1.94. The van der Waals surface area contributed by atoms with Crippen LogP contribution in [-0.2, 0) is 21.9 Å². The van der Waals surface area contributed by atoms with Crippen LogP contribution in [0.3, 0.4) is 0 Å². The zero-order valence-electron chi connectivity index (χ0n) is 19.3. The Kier molecular flexibility index (Phi) is 6.83. The quantitative estimate of drug-likeness (QED) is 0.252. The molecular formula is C26H22ClF4NO3S. The maximum Gasteiger partial charge on any atom is 0.417 e. The molecule has 1 heterocycles. The molecule has 3 aromatic rings. The number of hydrogen-bond donors (Lipinski definition) is 0. The summed E-state index contributed by atoms with van der Waals surface area (Å²) in [7, 11) is -4.08. The van der Waals surface area contributed by atoms with Crippen LogP contribution in [0.25, 0.3) is 12.2 Å². The smallest absolute Gasteiger partial charge is 0.417 e. The first-order valence-electron chi connectivity index (χ1n) is 10.9. The first-order valence-corrected chi connectivity index (χ1v) is 12.7. The SMILES string of the molecule is CC(C)(F)c1cccc(S(=O)(=O)N2CCOc3ccc(/C=C/c4c(Cl)cccc4C(F)(F)F)cc32)c1. The number of alkyl halides is 4. The lowest BCUT2D eigenvalue weighted by Gasteiger charge is -2.31. The molecule has 1 aliphatic heterocycles. The minimum Gasteiger partial charge on any atom is -0.489 e. The van der Waals surface area contributed by atoms with E-state index in [-0.39, 0.29) is 39.9 Å². The van der Waals surface area contributed by atoms with E-state index in [9.17, 15) is 26.0 Å². The molecule has 4 rings (SSSR count). The largest absolute Gasteiger partial charge is 0.489 e. The average Bonchev–Trinajstić information content (AvgIpc) is 2.81. The number of fused-ring (bicyclic) bond motifs is 1. The summed E-state index contributed by atoms with van der Waals surface area (Å²) in [6.45, 7) is 2.79. The van der Waals surface area contributed by atoms with E-state index >= 15 is 0 Å². The van der Waals surface area contributed by atoms with Crippen molar-refractivity contribution in [2.75, 3.05) is 17.5 Å². The molecule has 4 nitrogen and oxygen atoms in total. The Morgan fingerprint density at radius 3 is 2.39 bits per heavy atom. The number of nitrogens with zero attached hydrogens (tertiary/aromatic N) is 1. The normalized spacial score (nSPS) is 14.6. The fraction of sp³-hybridized carbons (Fsp3) is 0.231. The number of halogens is 5. The first-order chi connectivity index (χ1) is 16.8. The highest BCUT2D eigenvalue weighted by Gasteiger charge is 2.34. The summed E-state index contributed by atoms with van der Waals surface area (Å²) < 4.78 is 88.5. The highest BCUT2D eigenvalue weighted by Crippen LogP contribution is 2.39. The third-order valence-corrected chi connectivity index (χ3v) is 7.85. The number of hydrogen-bond acceptors (Lipinski definition) is 3. The van der Waals surface area contributed by atoms with Gasteiger partial charge in [-0.15, -0.1) is 0 Å². The second kappa shape index (κ2) is 9.44. The van der Waals surface area contributed by atoms with Crippen molar-refractivity contribution < 1.29 is 30.7 Å². The molecule has 190 valence electrons. The predicted octanol–water partition coefficient (Wildman–Crippen LogP) is 7.32. The molecule has 3 aromatic carbocycles. The van der Waals surface area contributed by atoms with Crippen LogP contribution in [0.2, 0.25) is 5.02 Å². The molecule has 0 saturated heterocycles. The zero-order valence-corrected chi connectivity index (χ0v) is 20.9. The van der Waals surface area contributed by atoms with Gasteiger partial charge in [0.2, 0.25) is 0 Å². The fourth-order valence-electron chi connectivity index (χ4n) is 3.85. The molecule has 10 heteroatoms. The molecule has 36 heavy (non-hydrogen) atoms. The molecule has 0 fully saturated rings. The van der Waals surface area contributed by atoms with Crippen molar-refractivity contribution >= 4 is 39.5 Å². The Morgan fingerprint density at radius 1 is 0.972 bits per heavy atom. The van der Waals surface area contributed by atoms with Crippen molar-refractivity contribution in [2.45, 2.75) is 30.6 Å². The molecule has 0 bridgehead atoms. The minimum atomic E-state index is -4.60. The molecular weight excluding hydrogens is 518 g/mol. The number of benzene rings is 3. The van der Waals surface area contributed by atoms with Crippen molar-refractivity contribution in [1.29, 1.82) is 0 Å². The van der Waals surface area contributed by atoms with Gasteiger partial charge in [0.05, 0.1) is 22.7 Å². The van der Waals surface area contributed by atoms with Gasteiger partial charge >= 0.3 is 6.18 Å². The van der Waals surface area contributed by atoms with Gasteiger partial charge in [-0.3, -0.25) is 4.31 Å². The maximum atomic E-state index is 14.5. The molecule has 0 N–H and O–H groups in total. The van der Waals surface area contributed by atoms with Gasteiger partial charge in [0.15, 0.2) is 0 Å². The van der Waals surface area contributed by atoms with Crippen molar-refractivity contribution in [1.82, 2.24) is 0 Å². The van der Waals surface area contributed by atoms with E-state index in [0.717, 1.165) is 10.4 Å². The highest BCUT2D eigenvalue weighted by molar-refractivity contribution is 7.92. The van der Waals surface area contributed by atoms with Gasteiger partial charge in [0.25, 0.3) is 10.0 Å². The lowest BCUT2D eigenvalue weighted by atomic mass is 10.0. The minimum absolute atomic E-state index is 0.00841. The average molecular weight is 540 g/mol. The molecule has 0 unspecified atom stereocenters. The van der Waals surface area contributed by atoms with Gasteiger partial charge in [-0.05, 0) is 61.4 Å². The van der Waals surface area contributed by atoms with Crippen LogP contribution in [0.1, 0.15) is 36.1 Å². The Hall–Kier alpha value is -3.04. The maximum absolute atomic E-state index is 14.5. The molecule has 0 radical (unpaired) electrons. The van der Waals surface area contributed by atoms with E-state index in [1.165, 1.54) is 68.5 Å². The molecule has 0 amide bonds. The van der Waals surface area contributed by atoms with Crippen molar-refractivity contribution in [3.63, 3.8) is 0 Å². The van der Waals surface area contributed by atoms with Crippen LogP contribution < -0.4 is 9.04 Å². The van der Waals surface area contributed by atoms with Crippen LogP contribution in [0.15, 0.2) is 65.6 Å². The van der Waals surface area contributed by atoms with Crippen LogP contribution >= 0.6 is 11.6 Å². The number of ether oxygens (including phenoxy) is 1. The van der Waals surface area contributed by atoms with Gasteiger partial charge in [-0.1, -0.05) is 48.0 Å². The first kappa shape index (κ1) is 26.0. The van der Waals surface area contributed by atoms with E-state index in [1.54, 1.807) is 12.1 Å². The zero-order chi connectivity index (χ0) is 26.3. The topological polar surface area (TPSA) is 46.6 Å². The van der Waals surface area contributed by atoms with Crippen LogP contribution in [0.5, 0.6) is 5.75 Å². The van der Waals surface area contributed by atoms with Gasteiger partial charge in [-0.25, -0.2) is 12.8 Å². The molecule has 1 aliphatic rings. The van der Waals surface area contributed by atoms with E-state index in [4.69, 9.17) is 16.3 Å². The predicted molar refractivity (Wildman–Crippen MR) is 132 cm³/mol. The Balaban J connectivity index is 1.73. The van der Waals surface area contributed by atoms with Gasteiger partial charge in [0.1, 0.15) is 18.0 Å². The Morgan fingerprint density at radius 2 is 1.69 bits per heavy atom. The van der Waals surface area contributed by atoms with Crippen molar-refractivity contribution in [3.8, 4) is 5.75 Å². The van der Waals surface area contributed by atoms with E-state index in [2.05, 4.69) is 0 Å². The second-order valence-electron chi connectivity index (χ2n) is 8.69. The van der Waals surface area contributed by atoms with Crippen LogP contribution in [0.4, 0.5) is 23.2 Å². The monoisotopic (exact) mass is 539 g/mol. The molecule has 0 saturated carbocycles. The van der Waals surface area contributed by atoms with Crippen molar-refractivity contribution in [3.05, 3.63) is 87.9 Å².